The second-order valence-corrected chi connectivity index (χ2v) is 8.06. The molecule has 0 N–H and O–H groups in total. The molecule has 1 saturated heterocycles. The predicted molar refractivity (Wildman–Crippen MR) is 101 cm³/mol. The van der Waals surface area contributed by atoms with Gasteiger partial charge in [-0.15, -0.1) is 0 Å². The Kier molecular flexibility index (Phi) is 6.69. The maximum Gasteiger partial charge on any atom is 0.497 e. The second-order valence-electron chi connectivity index (χ2n) is 8.06. The van der Waals surface area contributed by atoms with Crippen molar-refractivity contribution in [3.63, 3.8) is 0 Å². The maximum absolute atomic E-state index is 15.0. The van der Waals surface area contributed by atoms with E-state index in [0.717, 1.165) is 18.4 Å². The summed E-state index contributed by atoms with van der Waals surface area (Å²) >= 11 is 0. The van der Waals surface area contributed by atoms with Crippen LogP contribution in [0.2, 0.25) is 0 Å². The lowest BCUT2D eigenvalue weighted by Gasteiger charge is -2.32. The van der Waals surface area contributed by atoms with Crippen molar-refractivity contribution < 1.29 is 27.6 Å². The van der Waals surface area contributed by atoms with Gasteiger partial charge in [0.2, 0.25) is 0 Å². The van der Waals surface area contributed by atoms with Crippen molar-refractivity contribution in [3.05, 3.63) is 35.4 Å². The van der Waals surface area contributed by atoms with E-state index in [4.69, 9.17) is 14.0 Å². The highest BCUT2D eigenvalue weighted by Gasteiger charge is 2.53. The lowest BCUT2D eigenvalue weighted by Crippen LogP contribution is -2.41. The van der Waals surface area contributed by atoms with Gasteiger partial charge in [0.25, 0.3) is 0 Å². The van der Waals surface area contributed by atoms with Crippen LogP contribution in [0.3, 0.4) is 0 Å². The normalized spacial score (nSPS) is 22.5. The van der Waals surface area contributed by atoms with Gasteiger partial charge in [-0.05, 0) is 53.4 Å². The molecule has 0 atom stereocenters. The van der Waals surface area contributed by atoms with Crippen LogP contribution in [0.5, 0.6) is 0 Å². The Morgan fingerprint density at radius 2 is 1.74 bits per heavy atom. The van der Waals surface area contributed by atoms with Gasteiger partial charge in [0.05, 0.1) is 24.2 Å². The standard InChI is InChI=1S/C20H29BF2O4/c1-7-25-17(24)11-10-16(22)18(23)15(12-13(2)14-8-9-14)21-26-19(3,4)20(5,6)27-21/h12,14H,2,7-11H2,1,3-6H3/b15-12+,18-16+. The van der Waals surface area contributed by atoms with Gasteiger partial charge in [0.1, 0.15) is 5.83 Å². The zero-order valence-electron chi connectivity index (χ0n) is 16.9. The van der Waals surface area contributed by atoms with Crippen LogP contribution in [-0.4, -0.2) is 30.9 Å². The Balaban J connectivity index is 2.26. The van der Waals surface area contributed by atoms with Crippen LogP contribution in [0.15, 0.2) is 35.4 Å². The van der Waals surface area contributed by atoms with Crippen molar-refractivity contribution in [2.24, 2.45) is 5.92 Å². The van der Waals surface area contributed by atoms with Gasteiger partial charge in [-0.25, -0.2) is 8.78 Å². The lowest BCUT2D eigenvalue weighted by molar-refractivity contribution is -0.143. The Bertz CT molecular complexity index is 647. The molecule has 1 aliphatic heterocycles. The summed E-state index contributed by atoms with van der Waals surface area (Å²) in [6.07, 6.45) is 2.90. The number of ether oxygens (including phenoxy) is 1. The summed E-state index contributed by atoms with van der Waals surface area (Å²) in [5, 5.41) is 0. The van der Waals surface area contributed by atoms with Crippen LogP contribution in [0.25, 0.3) is 0 Å². The fourth-order valence-electron chi connectivity index (χ4n) is 2.69. The van der Waals surface area contributed by atoms with Gasteiger partial charge >= 0.3 is 13.1 Å². The SMILES string of the molecule is C=C(/C=C(B1OC(C)(C)C(C)(C)O1)\C(F)=C(/F)CCC(=O)OCC)C1CC1. The molecule has 0 bridgehead atoms. The van der Waals surface area contributed by atoms with Crippen LogP contribution in [0.1, 0.15) is 60.3 Å². The van der Waals surface area contributed by atoms with Crippen molar-refractivity contribution in [3.8, 4) is 0 Å². The van der Waals surface area contributed by atoms with Crippen LogP contribution in [0, 0.1) is 5.92 Å². The van der Waals surface area contributed by atoms with Gasteiger partial charge in [-0.3, -0.25) is 4.79 Å². The van der Waals surface area contributed by atoms with Crippen LogP contribution in [-0.2, 0) is 18.8 Å². The third-order valence-corrected chi connectivity index (χ3v) is 5.30. The quantitative estimate of drug-likeness (QED) is 0.337. The van der Waals surface area contributed by atoms with E-state index < -0.39 is 35.9 Å². The van der Waals surface area contributed by atoms with Gasteiger partial charge in [-0.1, -0.05) is 18.2 Å². The highest BCUT2D eigenvalue weighted by molar-refractivity contribution is 6.56. The molecule has 4 nitrogen and oxygen atoms in total. The molecule has 0 radical (unpaired) electrons. The fraction of sp³-hybridized carbons (Fsp3) is 0.650. The minimum atomic E-state index is -1.06. The summed E-state index contributed by atoms with van der Waals surface area (Å²) in [4.78, 5) is 11.4. The van der Waals surface area contributed by atoms with E-state index in [1.807, 2.05) is 27.7 Å². The molecule has 0 unspecified atom stereocenters. The number of esters is 1. The van der Waals surface area contributed by atoms with Crippen LogP contribution >= 0.6 is 0 Å². The Morgan fingerprint density at radius 1 is 1.19 bits per heavy atom. The summed E-state index contributed by atoms with van der Waals surface area (Å²) in [6.45, 7) is 13.2. The zero-order valence-corrected chi connectivity index (χ0v) is 16.9. The highest BCUT2D eigenvalue weighted by atomic mass is 19.2. The molecule has 2 rings (SSSR count). The zero-order chi connectivity index (χ0) is 20.4. The smallest absolute Gasteiger partial charge is 0.466 e. The van der Waals surface area contributed by atoms with Crippen molar-refractivity contribution in [1.82, 2.24) is 0 Å². The number of allylic oxidation sites excluding steroid dienone is 5. The third kappa shape index (κ3) is 5.29. The van der Waals surface area contributed by atoms with E-state index in [-0.39, 0.29) is 30.8 Å². The molecule has 1 aliphatic carbocycles. The van der Waals surface area contributed by atoms with Crippen molar-refractivity contribution in [2.75, 3.05) is 6.61 Å². The molecule has 27 heavy (non-hydrogen) atoms. The van der Waals surface area contributed by atoms with E-state index in [9.17, 15) is 13.6 Å². The first-order chi connectivity index (χ1) is 12.5. The molecule has 0 aromatic carbocycles. The summed E-state index contributed by atoms with van der Waals surface area (Å²) in [6, 6.07) is 0. The lowest BCUT2D eigenvalue weighted by atomic mass is 9.75. The van der Waals surface area contributed by atoms with E-state index in [1.54, 1.807) is 6.92 Å². The number of halogens is 2. The Hall–Kier alpha value is -1.47. The van der Waals surface area contributed by atoms with E-state index >= 15 is 0 Å². The first kappa shape index (κ1) is 21.8. The highest BCUT2D eigenvalue weighted by Crippen LogP contribution is 2.42. The number of hydrogen-bond acceptors (Lipinski definition) is 4. The Morgan fingerprint density at radius 3 is 2.22 bits per heavy atom. The number of carbonyl (C=O) groups is 1. The molecular formula is C20H29BF2O4. The predicted octanol–water partition coefficient (Wildman–Crippen LogP) is 5.00. The monoisotopic (exact) mass is 382 g/mol. The molecule has 0 aromatic rings. The third-order valence-electron chi connectivity index (χ3n) is 5.30. The van der Waals surface area contributed by atoms with Gasteiger partial charge in [-0.2, -0.15) is 0 Å². The molecule has 1 heterocycles. The van der Waals surface area contributed by atoms with E-state index in [0.29, 0.717) is 0 Å². The fourth-order valence-corrected chi connectivity index (χ4v) is 2.69. The number of carbonyl (C=O) groups excluding carboxylic acids is 1. The Labute approximate surface area is 160 Å². The summed E-state index contributed by atoms with van der Waals surface area (Å²) in [7, 11) is -1.04. The average Bonchev–Trinajstić information content (AvgIpc) is 3.37. The molecule has 150 valence electrons. The number of rotatable bonds is 8. The second kappa shape index (κ2) is 8.27. The van der Waals surface area contributed by atoms with Crippen LogP contribution in [0.4, 0.5) is 8.78 Å². The average molecular weight is 382 g/mol. The molecular weight excluding hydrogens is 353 g/mol. The first-order valence-corrected chi connectivity index (χ1v) is 9.44. The van der Waals surface area contributed by atoms with Crippen molar-refractivity contribution in [2.45, 2.75) is 71.5 Å². The molecule has 2 aliphatic rings. The minimum Gasteiger partial charge on any atom is -0.466 e. The largest absolute Gasteiger partial charge is 0.497 e. The van der Waals surface area contributed by atoms with Gasteiger partial charge in [0.15, 0.2) is 5.83 Å². The van der Waals surface area contributed by atoms with Gasteiger partial charge in [0, 0.05) is 11.9 Å². The maximum atomic E-state index is 15.0. The molecule has 0 spiro atoms. The summed E-state index contributed by atoms with van der Waals surface area (Å²) in [5.74, 6) is -2.35. The molecule has 1 saturated carbocycles. The van der Waals surface area contributed by atoms with E-state index in [1.165, 1.54) is 6.08 Å². The summed E-state index contributed by atoms with van der Waals surface area (Å²) < 4.78 is 46.0. The van der Waals surface area contributed by atoms with E-state index in [2.05, 4.69) is 6.58 Å². The van der Waals surface area contributed by atoms with Crippen molar-refractivity contribution >= 4 is 13.1 Å². The number of hydrogen-bond donors (Lipinski definition) is 0. The van der Waals surface area contributed by atoms with Gasteiger partial charge < -0.3 is 14.0 Å². The molecule has 0 aromatic heterocycles. The summed E-state index contributed by atoms with van der Waals surface area (Å²) in [5.41, 5.74) is -0.654. The first-order valence-electron chi connectivity index (χ1n) is 9.44. The minimum absolute atomic E-state index is 0.0214. The van der Waals surface area contributed by atoms with Crippen molar-refractivity contribution in [1.29, 1.82) is 0 Å². The molecule has 0 amide bonds. The molecule has 7 heteroatoms. The van der Waals surface area contributed by atoms with Crippen LogP contribution < -0.4 is 0 Å². The molecule has 2 fully saturated rings. The topological polar surface area (TPSA) is 44.8 Å².